The van der Waals surface area contributed by atoms with Crippen molar-refractivity contribution < 1.29 is 18.3 Å². The molecule has 0 spiro atoms. The van der Waals surface area contributed by atoms with Gasteiger partial charge in [0.15, 0.2) is 0 Å². The van der Waals surface area contributed by atoms with Gasteiger partial charge in [-0.3, -0.25) is 0 Å². The zero-order valence-electron chi connectivity index (χ0n) is 11.0. The second-order valence-electron chi connectivity index (χ2n) is 5.00. The Labute approximate surface area is 119 Å². The monoisotopic (exact) mass is 335 g/mol. The highest BCUT2D eigenvalue weighted by Gasteiger charge is 2.23. The van der Waals surface area contributed by atoms with E-state index in [1.807, 2.05) is 0 Å². The fraction of sp³-hybridized carbons (Fsp3) is 0.462. The van der Waals surface area contributed by atoms with E-state index >= 15 is 0 Å². The van der Waals surface area contributed by atoms with Crippen LogP contribution in [0.15, 0.2) is 22.7 Å². The van der Waals surface area contributed by atoms with Gasteiger partial charge in [0.25, 0.3) is 0 Å². The summed E-state index contributed by atoms with van der Waals surface area (Å²) < 4.78 is 32.0. The molecule has 19 heavy (non-hydrogen) atoms. The highest BCUT2D eigenvalue weighted by Crippen LogP contribution is 2.24. The van der Waals surface area contributed by atoms with Crippen molar-refractivity contribution in [2.45, 2.75) is 32.4 Å². The number of hydrogen-bond acceptors (Lipinski definition) is 2. The Balaban J connectivity index is 2.84. The van der Waals surface area contributed by atoms with Gasteiger partial charge in [-0.25, -0.2) is 13.6 Å². The lowest BCUT2D eigenvalue weighted by atomic mass is 10.1. The van der Waals surface area contributed by atoms with E-state index in [2.05, 4.69) is 21.2 Å². The minimum Gasteiger partial charge on any atom is -0.444 e. The first kappa shape index (κ1) is 15.9. The molecule has 106 valence electrons. The average Bonchev–Trinajstić information content (AvgIpc) is 2.27. The van der Waals surface area contributed by atoms with E-state index in [4.69, 9.17) is 4.74 Å². The summed E-state index contributed by atoms with van der Waals surface area (Å²) in [6.45, 7) is 4.15. The molecule has 1 N–H and O–H groups in total. The number of nitrogens with one attached hydrogen (secondary N) is 1. The van der Waals surface area contributed by atoms with Crippen molar-refractivity contribution in [3.63, 3.8) is 0 Å². The lowest BCUT2D eigenvalue weighted by Crippen LogP contribution is -2.36. The SMILES string of the molecule is CC(C)(C)OC(=O)NC(CF)c1cccc(Br)c1F. The van der Waals surface area contributed by atoms with Crippen molar-refractivity contribution in [2.75, 3.05) is 6.67 Å². The predicted octanol–water partition coefficient (Wildman–Crippen LogP) is 4.12. The third kappa shape index (κ3) is 4.78. The van der Waals surface area contributed by atoms with Gasteiger partial charge in [-0.05, 0) is 42.8 Å². The summed E-state index contributed by atoms with van der Waals surface area (Å²) in [6.07, 6.45) is -0.783. The molecule has 0 radical (unpaired) electrons. The summed E-state index contributed by atoms with van der Waals surface area (Å²) in [7, 11) is 0. The van der Waals surface area contributed by atoms with Crippen LogP contribution >= 0.6 is 15.9 Å². The maximum Gasteiger partial charge on any atom is 0.408 e. The van der Waals surface area contributed by atoms with Crippen molar-refractivity contribution in [3.8, 4) is 0 Å². The number of alkyl carbamates (subject to hydrolysis) is 1. The number of amides is 1. The van der Waals surface area contributed by atoms with Gasteiger partial charge < -0.3 is 10.1 Å². The highest BCUT2D eigenvalue weighted by atomic mass is 79.9. The first-order chi connectivity index (χ1) is 8.74. The highest BCUT2D eigenvalue weighted by molar-refractivity contribution is 9.10. The molecule has 1 aromatic rings. The third-order valence-electron chi connectivity index (χ3n) is 2.20. The lowest BCUT2D eigenvalue weighted by molar-refractivity contribution is 0.0494. The van der Waals surface area contributed by atoms with E-state index in [0.717, 1.165) is 0 Å². The fourth-order valence-electron chi connectivity index (χ4n) is 1.44. The van der Waals surface area contributed by atoms with Gasteiger partial charge in [-0.2, -0.15) is 0 Å². The number of benzene rings is 1. The van der Waals surface area contributed by atoms with Gasteiger partial charge in [0.2, 0.25) is 0 Å². The molecular formula is C13H16BrF2NO2. The van der Waals surface area contributed by atoms with E-state index in [1.165, 1.54) is 12.1 Å². The molecule has 0 fully saturated rings. The predicted molar refractivity (Wildman–Crippen MR) is 72.2 cm³/mol. The zero-order valence-corrected chi connectivity index (χ0v) is 12.6. The summed E-state index contributed by atoms with van der Waals surface area (Å²) in [5.74, 6) is -0.596. The smallest absolute Gasteiger partial charge is 0.408 e. The average molecular weight is 336 g/mol. The van der Waals surface area contributed by atoms with Gasteiger partial charge in [0, 0.05) is 5.56 Å². The van der Waals surface area contributed by atoms with Crippen LogP contribution in [0.3, 0.4) is 0 Å². The van der Waals surface area contributed by atoms with Crippen LogP contribution in [0.2, 0.25) is 0 Å². The second kappa shape index (κ2) is 6.32. The quantitative estimate of drug-likeness (QED) is 0.902. The molecule has 1 amide bonds. The minimum atomic E-state index is -1.08. The van der Waals surface area contributed by atoms with Crippen molar-refractivity contribution in [3.05, 3.63) is 34.1 Å². The molecule has 0 aliphatic heterocycles. The van der Waals surface area contributed by atoms with Crippen molar-refractivity contribution >= 4 is 22.0 Å². The molecule has 1 unspecified atom stereocenters. The van der Waals surface area contributed by atoms with Gasteiger partial charge in [-0.15, -0.1) is 0 Å². The van der Waals surface area contributed by atoms with Gasteiger partial charge in [0.05, 0.1) is 10.5 Å². The van der Waals surface area contributed by atoms with E-state index in [0.29, 0.717) is 0 Å². The summed E-state index contributed by atoms with van der Waals surface area (Å²) in [6, 6.07) is 3.41. The Morgan fingerprint density at radius 2 is 2.11 bits per heavy atom. The molecule has 1 aromatic carbocycles. The normalized spacial score (nSPS) is 12.9. The third-order valence-corrected chi connectivity index (χ3v) is 2.81. The Kier molecular flexibility index (Phi) is 5.29. The molecule has 1 rings (SSSR count). The van der Waals surface area contributed by atoms with Gasteiger partial charge in [0.1, 0.15) is 18.1 Å². The fourth-order valence-corrected chi connectivity index (χ4v) is 1.82. The van der Waals surface area contributed by atoms with Crippen LogP contribution in [0, 0.1) is 5.82 Å². The molecule has 3 nitrogen and oxygen atoms in total. The maximum absolute atomic E-state index is 13.8. The summed E-state index contributed by atoms with van der Waals surface area (Å²) in [5.41, 5.74) is -0.622. The first-order valence-electron chi connectivity index (χ1n) is 5.74. The molecule has 0 aliphatic carbocycles. The molecule has 0 saturated carbocycles. The van der Waals surface area contributed by atoms with Crippen LogP contribution in [-0.4, -0.2) is 18.4 Å². The molecule has 0 aromatic heterocycles. The molecule has 0 bridgehead atoms. The zero-order chi connectivity index (χ0) is 14.6. The number of carbonyl (C=O) groups excluding carboxylic acids is 1. The van der Waals surface area contributed by atoms with Crippen LogP contribution in [0.4, 0.5) is 13.6 Å². The number of halogens is 3. The number of hydrogen-bond donors (Lipinski definition) is 1. The molecule has 6 heteroatoms. The van der Waals surface area contributed by atoms with E-state index < -0.39 is 30.2 Å². The van der Waals surface area contributed by atoms with Crippen LogP contribution in [0.5, 0.6) is 0 Å². The van der Waals surface area contributed by atoms with Crippen molar-refractivity contribution in [2.24, 2.45) is 0 Å². The molecule has 1 atom stereocenters. The minimum absolute atomic E-state index is 0.0720. The second-order valence-corrected chi connectivity index (χ2v) is 5.85. The van der Waals surface area contributed by atoms with Crippen molar-refractivity contribution in [1.29, 1.82) is 0 Å². The number of alkyl halides is 1. The lowest BCUT2D eigenvalue weighted by Gasteiger charge is -2.23. The summed E-state index contributed by atoms with van der Waals surface area (Å²) in [4.78, 5) is 11.6. The Morgan fingerprint density at radius 1 is 1.47 bits per heavy atom. The maximum atomic E-state index is 13.8. The summed E-state index contributed by atoms with van der Waals surface area (Å²) in [5, 5.41) is 2.31. The first-order valence-corrected chi connectivity index (χ1v) is 6.53. The van der Waals surface area contributed by atoms with Crippen LogP contribution in [-0.2, 0) is 4.74 Å². The van der Waals surface area contributed by atoms with Crippen LogP contribution in [0.1, 0.15) is 32.4 Å². The molecule has 0 saturated heterocycles. The van der Waals surface area contributed by atoms with E-state index in [1.54, 1.807) is 26.8 Å². The Morgan fingerprint density at radius 3 is 2.63 bits per heavy atom. The van der Waals surface area contributed by atoms with Gasteiger partial charge >= 0.3 is 6.09 Å². The number of rotatable bonds is 3. The molecular weight excluding hydrogens is 320 g/mol. The Hall–Kier alpha value is -1.17. The van der Waals surface area contributed by atoms with Crippen LogP contribution in [0.25, 0.3) is 0 Å². The largest absolute Gasteiger partial charge is 0.444 e. The summed E-state index contributed by atoms with van der Waals surface area (Å²) >= 11 is 3.02. The van der Waals surface area contributed by atoms with Crippen LogP contribution < -0.4 is 5.32 Å². The molecule has 0 heterocycles. The van der Waals surface area contributed by atoms with Gasteiger partial charge in [-0.1, -0.05) is 12.1 Å². The number of ether oxygens (including phenoxy) is 1. The number of carbonyl (C=O) groups is 1. The van der Waals surface area contributed by atoms with E-state index in [9.17, 15) is 13.6 Å². The topological polar surface area (TPSA) is 38.3 Å². The van der Waals surface area contributed by atoms with Crippen molar-refractivity contribution in [1.82, 2.24) is 5.32 Å². The standard InChI is InChI=1S/C13H16BrF2NO2/c1-13(2,3)19-12(18)17-10(7-15)8-5-4-6-9(14)11(8)16/h4-6,10H,7H2,1-3H3,(H,17,18). The molecule has 0 aliphatic rings. The van der Waals surface area contributed by atoms with E-state index in [-0.39, 0.29) is 10.0 Å². The Bertz CT molecular complexity index is 460.